The second kappa shape index (κ2) is 5.25. The van der Waals surface area contributed by atoms with Crippen LogP contribution in [-0.4, -0.2) is 25.7 Å². The van der Waals surface area contributed by atoms with Crippen molar-refractivity contribution in [3.63, 3.8) is 0 Å². The van der Waals surface area contributed by atoms with E-state index in [1.807, 2.05) is 0 Å². The molecule has 21 heavy (non-hydrogen) atoms. The van der Waals surface area contributed by atoms with E-state index in [4.69, 9.17) is 0 Å². The molecule has 1 N–H and O–H groups in total. The fourth-order valence-corrected chi connectivity index (χ4v) is 2.54. The second-order valence-electron chi connectivity index (χ2n) is 4.44. The molecular formula is C14H10F2O4S. The monoisotopic (exact) mass is 312 g/mol. The number of halogens is 2. The minimum atomic E-state index is -3.59. The Morgan fingerprint density at radius 3 is 2.10 bits per heavy atom. The lowest BCUT2D eigenvalue weighted by Gasteiger charge is -2.09. The van der Waals surface area contributed by atoms with Crippen molar-refractivity contribution in [1.29, 1.82) is 0 Å². The van der Waals surface area contributed by atoms with Crippen LogP contribution in [0.2, 0.25) is 0 Å². The molecule has 0 unspecified atom stereocenters. The number of carbonyl (C=O) groups is 1. The molecule has 110 valence electrons. The summed E-state index contributed by atoms with van der Waals surface area (Å²) in [5, 5.41) is 9.17. The zero-order valence-corrected chi connectivity index (χ0v) is 11.6. The summed E-state index contributed by atoms with van der Waals surface area (Å²) in [4.78, 5) is 11.1. The van der Waals surface area contributed by atoms with E-state index in [9.17, 15) is 27.1 Å². The van der Waals surface area contributed by atoms with Crippen LogP contribution in [0.5, 0.6) is 0 Å². The summed E-state index contributed by atoms with van der Waals surface area (Å²) in [6.45, 7) is 0. The SMILES string of the molecule is CS(=O)(=O)c1ccc(-c2cc(F)cc(F)c2)c(C(=O)O)c1. The van der Waals surface area contributed by atoms with Crippen molar-refractivity contribution in [3.05, 3.63) is 53.6 Å². The maximum atomic E-state index is 13.2. The van der Waals surface area contributed by atoms with Crippen molar-refractivity contribution in [1.82, 2.24) is 0 Å². The molecule has 0 bridgehead atoms. The van der Waals surface area contributed by atoms with Gasteiger partial charge in [0, 0.05) is 12.3 Å². The molecule has 0 fully saturated rings. The van der Waals surface area contributed by atoms with E-state index < -0.39 is 27.4 Å². The van der Waals surface area contributed by atoms with Crippen LogP contribution in [0.15, 0.2) is 41.3 Å². The van der Waals surface area contributed by atoms with Crippen LogP contribution in [0, 0.1) is 11.6 Å². The third-order valence-electron chi connectivity index (χ3n) is 2.82. The molecular weight excluding hydrogens is 302 g/mol. The predicted octanol–water partition coefficient (Wildman–Crippen LogP) is 2.73. The number of hydrogen-bond donors (Lipinski definition) is 1. The number of aromatic carboxylic acids is 1. The van der Waals surface area contributed by atoms with Gasteiger partial charge in [-0.1, -0.05) is 6.07 Å². The molecule has 0 heterocycles. The fraction of sp³-hybridized carbons (Fsp3) is 0.0714. The van der Waals surface area contributed by atoms with E-state index >= 15 is 0 Å². The van der Waals surface area contributed by atoms with Crippen LogP contribution in [0.4, 0.5) is 8.78 Å². The van der Waals surface area contributed by atoms with Gasteiger partial charge in [-0.25, -0.2) is 22.0 Å². The van der Waals surface area contributed by atoms with Gasteiger partial charge in [-0.3, -0.25) is 0 Å². The molecule has 0 aliphatic heterocycles. The molecule has 0 atom stereocenters. The van der Waals surface area contributed by atoms with Crippen LogP contribution in [0.3, 0.4) is 0 Å². The van der Waals surface area contributed by atoms with Crippen molar-refractivity contribution >= 4 is 15.8 Å². The Hall–Kier alpha value is -2.28. The van der Waals surface area contributed by atoms with Gasteiger partial charge in [-0.2, -0.15) is 0 Å². The molecule has 2 aromatic carbocycles. The molecule has 2 aromatic rings. The number of sulfone groups is 1. The maximum Gasteiger partial charge on any atom is 0.336 e. The maximum absolute atomic E-state index is 13.2. The van der Waals surface area contributed by atoms with Crippen molar-refractivity contribution in [2.45, 2.75) is 4.90 Å². The van der Waals surface area contributed by atoms with Gasteiger partial charge in [0.2, 0.25) is 0 Å². The highest BCUT2D eigenvalue weighted by Gasteiger charge is 2.17. The lowest BCUT2D eigenvalue weighted by molar-refractivity contribution is 0.0697. The Balaban J connectivity index is 2.72. The van der Waals surface area contributed by atoms with Crippen LogP contribution in [-0.2, 0) is 9.84 Å². The molecule has 2 rings (SSSR count). The summed E-state index contributed by atoms with van der Waals surface area (Å²) in [6, 6.07) is 5.99. The van der Waals surface area contributed by atoms with E-state index in [0.717, 1.165) is 24.5 Å². The molecule has 4 nitrogen and oxygen atoms in total. The lowest BCUT2D eigenvalue weighted by Crippen LogP contribution is -2.04. The molecule has 0 aliphatic carbocycles. The van der Waals surface area contributed by atoms with Gasteiger partial charge >= 0.3 is 5.97 Å². The Morgan fingerprint density at radius 2 is 1.62 bits per heavy atom. The highest BCUT2D eigenvalue weighted by atomic mass is 32.2. The Bertz CT molecular complexity index is 809. The summed E-state index contributed by atoms with van der Waals surface area (Å²) in [7, 11) is -3.59. The zero-order chi connectivity index (χ0) is 15.8. The van der Waals surface area contributed by atoms with Crippen molar-refractivity contribution in [3.8, 4) is 11.1 Å². The molecule has 7 heteroatoms. The van der Waals surface area contributed by atoms with Crippen molar-refractivity contribution in [2.24, 2.45) is 0 Å². The van der Waals surface area contributed by atoms with Crippen LogP contribution in [0.1, 0.15) is 10.4 Å². The number of benzene rings is 2. The molecule has 0 radical (unpaired) electrons. The summed E-state index contributed by atoms with van der Waals surface area (Å²) in [5.74, 6) is -3.10. The Labute approximate surface area is 119 Å². The Morgan fingerprint density at radius 1 is 1.05 bits per heavy atom. The van der Waals surface area contributed by atoms with E-state index in [2.05, 4.69) is 0 Å². The van der Waals surface area contributed by atoms with Gasteiger partial charge in [0.15, 0.2) is 9.84 Å². The van der Waals surface area contributed by atoms with Gasteiger partial charge in [-0.15, -0.1) is 0 Å². The smallest absolute Gasteiger partial charge is 0.336 e. The normalized spacial score (nSPS) is 11.4. The summed E-state index contributed by atoms with van der Waals surface area (Å²) < 4.78 is 49.4. The van der Waals surface area contributed by atoms with Gasteiger partial charge < -0.3 is 5.11 Å². The quantitative estimate of drug-likeness (QED) is 0.946. The largest absolute Gasteiger partial charge is 0.478 e. The first-order chi connectivity index (χ1) is 9.68. The predicted molar refractivity (Wildman–Crippen MR) is 71.9 cm³/mol. The van der Waals surface area contributed by atoms with Crippen LogP contribution in [0.25, 0.3) is 11.1 Å². The topological polar surface area (TPSA) is 71.4 Å². The van der Waals surface area contributed by atoms with Crippen molar-refractivity contribution < 1.29 is 27.1 Å². The minimum Gasteiger partial charge on any atom is -0.478 e. The van der Waals surface area contributed by atoms with Gasteiger partial charge in [0.25, 0.3) is 0 Å². The molecule has 0 spiro atoms. The van der Waals surface area contributed by atoms with E-state index in [-0.39, 0.29) is 21.6 Å². The Kier molecular flexibility index (Phi) is 3.78. The lowest BCUT2D eigenvalue weighted by atomic mass is 9.99. The molecule has 0 amide bonds. The van der Waals surface area contributed by atoms with Gasteiger partial charge in [0.1, 0.15) is 11.6 Å². The minimum absolute atomic E-state index is 0.0185. The van der Waals surface area contributed by atoms with Gasteiger partial charge in [-0.05, 0) is 35.4 Å². The van der Waals surface area contributed by atoms with Crippen LogP contribution >= 0.6 is 0 Å². The fourth-order valence-electron chi connectivity index (χ4n) is 1.89. The second-order valence-corrected chi connectivity index (χ2v) is 6.46. The van der Waals surface area contributed by atoms with Crippen LogP contribution < -0.4 is 0 Å². The summed E-state index contributed by atoms with van der Waals surface area (Å²) in [5.41, 5.74) is -0.291. The standard InChI is InChI=1S/C14H10F2O4S/c1-21(19,20)11-2-3-12(13(7-11)14(17)18)8-4-9(15)6-10(16)5-8/h2-7H,1H3,(H,17,18). The summed E-state index contributed by atoms with van der Waals surface area (Å²) >= 11 is 0. The number of hydrogen-bond acceptors (Lipinski definition) is 3. The first kappa shape index (κ1) is 15.1. The highest BCUT2D eigenvalue weighted by Crippen LogP contribution is 2.27. The average Bonchev–Trinajstić information content (AvgIpc) is 2.35. The first-order valence-corrected chi connectivity index (χ1v) is 7.61. The number of rotatable bonds is 3. The number of carboxylic acid groups (broad SMARTS) is 1. The molecule has 0 aromatic heterocycles. The third-order valence-corrected chi connectivity index (χ3v) is 3.93. The molecule has 0 saturated heterocycles. The average molecular weight is 312 g/mol. The summed E-state index contributed by atoms with van der Waals surface area (Å²) in [6.07, 6.45) is 0.940. The van der Waals surface area contributed by atoms with Crippen molar-refractivity contribution in [2.75, 3.05) is 6.26 Å². The molecule has 0 aliphatic rings. The van der Waals surface area contributed by atoms with E-state index in [0.29, 0.717) is 6.07 Å². The van der Waals surface area contributed by atoms with Gasteiger partial charge in [0.05, 0.1) is 10.5 Å². The highest BCUT2D eigenvalue weighted by molar-refractivity contribution is 7.90. The zero-order valence-electron chi connectivity index (χ0n) is 10.8. The third kappa shape index (κ3) is 3.25. The molecule has 0 saturated carbocycles. The van der Waals surface area contributed by atoms with E-state index in [1.54, 1.807) is 0 Å². The van der Waals surface area contributed by atoms with E-state index in [1.165, 1.54) is 12.1 Å². The number of carboxylic acids is 1. The first-order valence-electron chi connectivity index (χ1n) is 5.72.